The van der Waals surface area contributed by atoms with Crippen molar-refractivity contribution in [2.75, 3.05) is 0 Å². The maximum atomic E-state index is 13.4. The third-order valence-electron chi connectivity index (χ3n) is 5.39. The number of amides is 1. The molecule has 158 valence electrons. The Morgan fingerprint density at radius 3 is 2.35 bits per heavy atom. The van der Waals surface area contributed by atoms with Crippen molar-refractivity contribution in [3.05, 3.63) is 95.0 Å². The minimum Gasteiger partial charge on any atom is -0.361 e. The summed E-state index contributed by atoms with van der Waals surface area (Å²) in [4.78, 5) is 13.4. The van der Waals surface area contributed by atoms with Gasteiger partial charge in [0.15, 0.2) is 0 Å². The van der Waals surface area contributed by atoms with Gasteiger partial charge in [-0.05, 0) is 25.8 Å². The van der Waals surface area contributed by atoms with Crippen molar-refractivity contribution in [3.63, 3.8) is 0 Å². The summed E-state index contributed by atoms with van der Waals surface area (Å²) < 4.78 is 7.13. The van der Waals surface area contributed by atoms with Gasteiger partial charge in [-0.15, -0.1) is 0 Å². The van der Waals surface area contributed by atoms with Crippen molar-refractivity contribution in [1.29, 1.82) is 0 Å². The van der Waals surface area contributed by atoms with Gasteiger partial charge in [-0.25, -0.2) is 0 Å². The highest BCUT2D eigenvalue weighted by molar-refractivity contribution is 6.00. The highest BCUT2D eigenvalue weighted by Crippen LogP contribution is 2.27. The Labute approximate surface area is 181 Å². The smallest absolute Gasteiger partial charge is 0.255 e. The predicted molar refractivity (Wildman–Crippen MR) is 120 cm³/mol. The first-order chi connectivity index (χ1) is 15.1. The second-order valence-corrected chi connectivity index (χ2v) is 7.61. The molecule has 0 saturated carbocycles. The molecule has 1 amide bonds. The van der Waals surface area contributed by atoms with Gasteiger partial charge in [-0.3, -0.25) is 9.48 Å². The predicted octanol–water partition coefficient (Wildman–Crippen LogP) is 5.08. The third-order valence-corrected chi connectivity index (χ3v) is 5.39. The molecule has 0 saturated heterocycles. The maximum Gasteiger partial charge on any atom is 0.255 e. The molecule has 1 atom stereocenters. The monoisotopic (exact) mass is 414 g/mol. The number of nitrogens with one attached hydrogen (secondary N) is 1. The Morgan fingerprint density at radius 2 is 1.74 bits per heavy atom. The number of carbonyl (C=O) groups excluding carboxylic acids is 1. The number of carbonyl (C=O) groups is 1. The Hall–Kier alpha value is -3.67. The average Bonchev–Trinajstić information content (AvgIpc) is 3.36. The highest BCUT2D eigenvalue weighted by atomic mass is 16.5. The van der Waals surface area contributed by atoms with Gasteiger partial charge in [-0.1, -0.05) is 72.7 Å². The third kappa shape index (κ3) is 4.43. The van der Waals surface area contributed by atoms with E-state index in [4.69, 9.17) is 9.62 Å². The van der Waals surface area contributed by atoms with Gasteiger partial charge in [0.05, 0.1) is 23.8 Å². The summed E-state index contributed by atoms with van der Waals surface area (Å²) in [7, 11) is 0. The molecule has 0 spiro atoms. The summed E-state index contributed by atoms with van der Waals surface area (Å²) in [6.07, 6.45) is 2.55. The molecule has 1 N–H and O–H groups in total. The van der Waals surface area contributed by atoms with Crippen LogP contribution in [0.3, 0.4) is 0 Å². The van der Waals surface area contributed by atoms with Gasteiger partial charge in [0.1, 0.15) is 11.5 Å². The molecule has 2 aromatic carbocycles. The van der Waals surface area contributed by atoms with Crippen molar-refractivity contribution in [1.82, 2.24) is 20.3 Å². The van der Waals surface area contributed by atoms with E-state index < -0.39 is 0 Å². The molecule has 31 heavy (non-hydrogen) atoms. The Balaban J connectivity index is 1.67. The van der Waals surface area contributed by atoms with E-state index in [1.54, 1.807) is 0 Å². The van der Waals surface area contributed by atoms with Crippen LogP contribution in [0.5, 0.6) is 0 Å². The van der Waals surface area contributed by atoms with Gasteiger partial charge in [0.25, 0.3) is 5.91 Å². The Bertz CT molecular complexity index is 1140. The molecule has 4 aromatic rings. The highest BCUT2D eigenvalue weighted by Gasteiger charge is 2.24. The molecular formula is C25H26N4O2. The van der Waals surface area contributed by atoms with Crippen molar-refractivity contribution < 1.29 is 9.32 Å². The fourth-order valence-corrected chi connectivity index (χ4v) is 3.85. The molecule has 2 aromatic heterocycles. The lowest BCUT2D eigenvalue weighted by Gasteiger charge is -2.17. The number of aryl methyl sites for hydroxylation is 2. The van der Waals surface area contributed by atoms with Crippen molar-refractivity contribution in [3.8, 4) is 11.3 Å². The largest absolute Gasteiger partial charge is 0.361 e. The van der Waals surface area contributed by atoms with E-state index >= 15 is 0 Å². The van der Waals surface area contributed by atoms with Gasteiger partial charge in [0.2, 0.25) is 0 Å². The quantitative estimate of drug-likeness (QED) is 0.457. The van der Waals surface area contributed by atoms with E-state index in [9.17, 15) is 4.79 Å². The van der Waals surface area contributed by atoms with Crippen molar-refractivity contribution in [2.24, 2.45) is 0 Å². The first kappa shape index (κ1) is 20.6. The number of benzene rings is 2. The van der Waals surface area contributed by atoms with E-state index in [-0.39, 0.29) is 11.9 Å². The van der Waals surface area contributed by atoms with Crippen LogP contribution in [0.25, 0.3) is 11.3 Å². The minimum atomic E-state index is -0.181. The molecule has 0 bridgehead atoms. The van der Waals surface area contributed by atoms with Gasteiger partial charge in [0, 0.05) is 17.3 Å². The van der Waals surface area contributed by atoms with E-state index in [0.717, 1.165) is 34.6 Å². The first-order valence-electron chi connectivity index (χ1n) is 10.5. The molecule has 6 nitrogen and oxygen atoms in total. The molecule has 6 heteroatoms. The number of hydrogen-bond donors (Lipinski definition) is 1. The number of rotatable bonds is 7. The van der Waals surface area contributed by atoms with Crippen molar-refractivity contribution >= 4 is 5.91 Å². The topological polar surface area (TPSA) is 73.0 Å². The van der Waals surface area contributed by atoms with Crippen LogP contribution in [0.1, 0.15) is 52.3 Å². The van der Waals surface area contributed by atoms with E-state index in [0.29, 0.717) is 17.8 Å². The lowest BCUT2D eigenvalue weighted by molar-refractivity contribution is 0.0936. The van der Waals surface area contributed by atoms with E-state index in [1.807, 2.05) is 92.3 Å². The molecule has 0 aliphatic carbocycles. The zero-order chi connectivity index (χ0) is 21.8. The van der Waals surface area contributed by atoms with E-state index in [1.165, 1.54) is 0 Å². The lowest BCUT2D eigenvalue weighted by Crippen LogP contribution is -2.29. The molecule has 0 aliphatic rings. The van der Waals surface area contributed by atoms with E-state index in [2.05, 4.69) is 10.5 Å². The number of nitrogens with zero attached hydrogens (tertiary/aromatic N) is 3. The van der Waals surface area contributed by atoms with Crippen LogP contribution in [0.4, 0.5) is 0 Å². The fourth-order valence-electron chi connectivity index (χ4n) is 3.85. The van der Waals surface area contributed by atoms with Crippen LogP contribution < -0.4 is 5.32 Å². The molecule has 0 aliphatic heterocycles. The van der Waals surface area contributed by atoms with Crippen LogP contribution in [-0.4, -0.2) is 20.8 Å². The summed E-state index contributed by atoms with van der Waals surface area (Å²) in [6, 6.07) is 19.7. The average molecular weight is 415 g/mol. The van der Waals surface area contributed by atoms with Crippen LogP contribution in [0, 0.1) is 13.8 Å². The summed E-state index contributed by atoms with van der Waals surface area (Å²) in [6.45, 7) is 6.40. The number of aromatic nitrogens is 3. The maximum absolute atomic E-state index is 13.4. The number of hydrogen-bond acceptors (Lipinski definition) is 4. The fraction of sp³-hybridized carbons (Fsp3) is 0.240. The molecule has 0 radical (unpaired) electrons. The van der Waals surface area contributed by atoms with Gasteiger partial charge < -0.3 is 9.84 Å². The second kappa shape index (κ2) is 9.00. The summed E-state index contributed by atoms with van der Waals surface area (Å²) in [5.41, 5.74) is 4.99. The summed E-state index contributed by atoms with van der Waals surface area (Å²) in [5, 5.41) is 12.0. The van der Waals surface area contributed by atoms with Crippen LogP contribution in [-0.2, 0) is 6.54 Å². The normalized spacial score (nSPS) is 12.0. The molecule has 0 unspecified atom stereocenters. The minimum absolute atomic E-state index is 0.162. The van der Waals surface area contributed by atoms with Crippen LogP contribution >= 0.6 is 0 Å². The Kier molecular flexibility index (Phi) is 5.98. The molecular weight excluding hydrogens is 388 g/mol. The second-order valence-electron chi connectivity index (χ2n) is 7.61. The summed E-state index contributed by atoms with van der Waals surface area (Å²) in [5.74, 6) is 0.567. The zero-order valence-corrected chi connectivity index (χ0v) is 18.0. The SMILES string of the molecule is CC[C@@H](NC(=O)c1cn(Cc2ccccc2)nc1-c1ccccc1)c1c(C)noc1C. The van der Waals surface area contributed by atoms with Crippen LogP contribution in [0.2, 0.25) is 0 Å². The molecule has 0 fully saturated rings. The zero-order valence-electron chi connectivity index (χ0n) is 18.0. The van der Waals surface area contributed by atoms with Gasteiger partial charge >= 0.3 is 0 Å². The summed E-state index contributed by atoms with van der Waals surface area (Å²) >= 11 is 0. The lowest BCUT2D eigenvalue weighted by atomic mass is 10.0. The standard InChI is InChI=1S/C25H26N4O2/c1-4-22(23-17(2)28-31-18(23)3)26-25(30)21-16-29(15-19-11-7-5-8-12-19)27-24(21)20-13-9-6-10-14-20/h5-14,16,22H,4,15H2,1-3H3,(H,26,30)/t22-/m1/s1. The van der Waals surface area contributed by atoms with Crippen molar-refractivity contribution in [2.45, 2.75) is 39.8 Å². The molecule has 4 rings (SSSR count). The van der Waals surface area contributed by atoms with Crippen LogP contribution in [0.15, 0.2) is 71.4 Å². The Morgan fingerprint density at radius 1 is 1.06 bits per heavy atom. The van der Waals surface area contributed by atoms with Gasteiger partial charge in [-0.2, -0.15) is 5.10 Å². The first-order valence-corrected chi connectivity index (χ1v) is 10.5. The molecule has 2 heterocycles.